The van der Waals surface area contributed by atoms with Crippen LogP contribution in [-0.2, 0) is 0 Å². The quantitative estimate of drug-likeness (QED) is 0.812. The highest BCUT2D eigenvalue weighted by atomic mass is 35.5. The lowest BCUT2D eigenvalue weighted by molar-refractivity contribution is 0.292. The van der Waals surface area contributed by atoms with Crippen LogP contribution in [0, 0.1) is 0 Å². The van der Waals surface area contributed by atoms with Gasteiger partial charge in [0, 0.05) is 5.25 Å². The number of rotatable bonds is 2. The maximum Gasteiger partial charge on any atom is 0.226 e. The number of anilines is 1. The number of nitrogens with zero attached hydrogens (tertiary/aromatic N) is 4. The summed E-state index contributed by atoms with van der Waals surface area (Å²) in [7, 11) is 0. The fourth-order valence-electron chi connectivity index (χ4n) is 2.15. The van der Waals surface area contributed by atoms with Gasteiger partial charge in [0.1, 0.15) is 5.52 Å². The second-order valence-electron chi connectivity index (χ2n) is 4.17. The Kier molecular flexibility index (Phi) is 3.04. The zero-order valence-corrected chi connectivity index (χ0v) is 11.0. The van der Waals surface area contributed by atoms with Crippen LogP contribution in [0.1, 0.15) is 18.2 Å². The van der Waals surface area contributed by atoms with Gasteiger partial charge in [-0.2, -0.15) is 9.97 Å². The number of aromatic nitrogens is 4. The fourth-order valence-corrected chi connectivity index (χ4v) is 3.68. The minimum absolute atomic E-state index is 0.128. The third kappa shape index (κ3) is 1.92. The SMILES string of the molecule is Nc1nc(Cl)nc2c1ncn2C1CC[C@@H](CO)S1. The Labute approximate surface area is 113 Å². The molecule has 3 rings (SSSR count). The number of hydrogen-bond acceptors (Lipinski definition) is 6. The largest absolute Gasteiger partial charge is 0.395 e. The van der Waals surface area contributed by atoms with Gasteiger partial charge in [0.05, 0.1) is 18.3 Å². The molecule has 1 aliphatic rings. The topological polar surface area (TPSA) is 89.9 Å². The Bertz CT molecular complexity index is 589. The Morgan fingerprint density at radius 1 is 1.50 bits per heavy atom. The molecule has 2 aromatic heterocycles. The lowest BCUT2D eigenvalue weighted by Crippen LogP contribution is -2.04. The molecule has 1 fully saturated rings. The lowest BCUT2D eigenvalue weighted by Gasteiger charge is -2.12. The third-order valence-corrected chi connectivity index (χ3v) is 4.74. The lowest BCUT2D eigenvalue weighted by atomic mass is 10.2. The van der Waals surface area contributed by atoms with E-state index in [4.69, 9.17) is 17.3 Å². The van der Waals surface area contributed by atoms with Crippen molar-refractivity contribution < 1.29 is 5.11 Å². The Balaban J connectivity index is 2.03. The number of nitrogen functional groups attached to an aromatic ring is 1. The Morgan fingerprint density at radius 2 is 2.33 bits per heavy atom. The summed E-state index contributed by atoms with van der Waals surface area (Å²) in [5.41, 5.74) is 7.00. The number of nitrogens with two attached hydrogens (primary N) is 1. The molecule has 3 heterocycles. The summed E-state index contributed by atoms with van der Waals surface area (Å²) in [6.07, 6.45) is 3.67. The average molecular weight is 286 g/mol. The number of halogens is 1. The first-order valence-electron chi connectivity index (χ1n) is 5.61. The Hall–Kier alpha value is -1.05. The van der Waals surface area contributed by atoms with Gasteiger partial charge in [-0.3, -0.25) is 0 Å². The summed E-state index contributed by atoms with van der Waals surface area (Å²) in [6.45, 7) is 0.200. The van der Waals surface area contributed by atoms with Crippen LogP contribution in [0.15, 0.2) is 6.33 Å². The highest BCUT2D eigenvalue weighted by Crippen LogP contribution is 2.42. The monoisotopic (exact) mass is 285 g/mol. The predicted molar refractivity (Wildman–Crippen MR) is 71.5 cm³/mol. The van der Waals surface area contributed by atoms with Crippen molar-refractivity contribution in [1.29, 1.82) is 0 Å². The van der Waals surface area contributed by atoms with E-state index >= 15 is 0 Å². The molecule has 1 aliphatic heterocycles. The van der Waals surface area contributed by atoms with E-state index < -0.39 is 0 Å². The standard InChI is InChI=1S/C10H12ClN5OS/c11-10-14-8(12)7-9(15-10)16(4-13-7)6-2-1-5(3-17)18-6/h4-6,17H,1-3H2,(H2,12,14,15)/t5-,6?/m0/s1. The van der Waals surface area contributed by atoms with Crippen molar-refractivity contribution in [3.05, 3.63) is 11.6 Å². The van der Waals surface area contributed by atoms with Crippen LogP contribution in [0.4, 0.5) is 5.82 Å². The number of aliphatic hydroxyl groups is 1. The zero-order chi connectivity index (χ0) is 12.7. The van der Waals surface area contributed by atoms with Crippen molar-refractivity contribution in [2.75, 3.05) is 12.3 Å². The zero-order valence-electron chi connectivity index (χ0n) is 9.45. The molecule has 2 aromatic rings. The molecule has 0 spiro atoms. The van der Waals surface area contributed by atoms with Crippen LogP contribution in [0.3, 0.4) is 0 Å². The molecule has 0 amide bonds. The van der Waals surface area contributed by atoms with Gasteiger partial charge in [0.25, 0.3) is 0 Å². The van der Waals surface area contributed by atoms with Gasteiger partial charge in [-0.25, -0.2) is 4.98 Å². The first kappa shape index (κ1) is 12.0. The van der Waals surface area contributed by atoms with Crippen LogP contribution in [0.25, 0.3) is 11.2 Å². The van der Waals surface area contributed by atoms with E-state index in [0.717, 1.165) is 12.8 Å². The van der Waals surface area contributed by atoms with Crippen LogP contribution in [-0.4, -0.2) is 36.5 Å². The van der Waals surface area contributed by atoms with Gasteiger partial charge >= 0.3 is 0 Å². The van der Waals surface area contributed by atoms with Crippen molar-refractivity contribution in [1.82, 2.24) is 19.5 Å². The minimum Gasteiger partial charge on any atom is -0.395 e. The first-order chi connectivity index (χ1) is 8.69. The van der Waals surface area contributed by atoms with E-state index in [0.29, 0.717) is 17.0 Å². The second kappa shape index (κ2) is 4.56. The number of imidazole rings is 1. The van der Waals surface area contributed by atoms with E-state index in [1.807, 2.05) is 4.57 Å². The maximum atomic E-state index is 9.17. The minimum atomic E-state index is 0.128. The maximum absolute atomic E-state index is 9.17. The normalized spacial score (nSPS) is 23.9. The van der Waals surface area contributed by atoms with Crippen molar-refractivity contribution in [3.63, 3.8) is 0 Å². The van der Waals surface area contributed by atoms with Crippen molar-refractivity contribution in [3.8, 4) is 0 Å². The van der Waals surface area contributed by atoms with Crippen LogP contribution >= 0.6 is 23.4 Å². The van der Waals surface area contributed by atoms with E-state index in [2.05, 4.69) is 15.0 Å². The number of hydrogen-bond donors (Lipinski definition) is 2. The summed E-state index contributed by atoms with van der Waals surface area (Å²) < 4.78 is 1.96. The highest BCUT2D eigenvalue weighted by molar-refractivity contribution is 8.00. The van der Waals surface area contributed by atoms with Gasteiger partial charge in [-0.15, -0.1) is 11.8 Å². The summed E-state index contributed by atoms with van der Waals surface area (Å²) >= 11 is 7.55. The molecule has 0 aliphatic carbocycles. The molecule has 18 heavy (non-hydrogen) atoms. The molecule has 6 nitrogen and oxygen atoms in total. The fraction of sp³-hybridized carbons (Fsp3) is 0.500. The summed E-state index contributed by atoms with van der Waals surface area (Å²) in [6, 6.07) is 0. The van der Waals surface area contributed by atoms with Gasteiger partial charge in [0.2, 0.25) is 5.28 Å². The molecule has 0 bridgehead atoms. The van der Waals surface area contributed by atoms with Gasteiger partial charge in [0.15, 0.2) is 11.5 Å². The smallest absolute Gasteiger partial charge is 0.226 e. The van der Waals surface area contributed by atoms with Crippen molar-refractivity contribution in [2.24, 2.45) is 0 Å². The molecule has 8 heteroatoms. The van der Waals surface area contributed by atoms with E-state index in [-0.39, 0.29) is 22.5 Å². The molecular weight excluding hydrogens is 274 g/mol. The Morgan fingerprint density at radius 3 is 3.06 bits per heavy atom. The molecule has 1 unspecified atom stereocenters. The number of aliphatic hydroxyl groups excluding tert-OH is 1. The highest BCUT2D eigenvalue weighted by Gasteiger charge is 2.27. The summed E-state index contributed by atoms with van der Waals surface area (Å²) in [5, 5.41) is 9.80. The molecule has 96 valence electrons. The molecular formula is C10H12ClN5OS. The van der Waals surface area contributed by atoms with Gasteiger partial charge in [-0.1, -0.05) is 0 Å². The van der Waals surface area contributed by atoms with Gasteiger partial charge in [-0.05, 0) is 24.4 Å². The van der Waals surface area contributed by atoms with Crippen molar-refractivity contribution in [2.45, 2.75) is 23.5 Å². The summed E-state index contributed by atoms with van der Waals surface area (Å²) in [4.78, 5) is 12.3. The van der Waals surface area contributed by atoms with Gasteiger partial charge < -0.3 is 15.4 Å². The first-order valence-corrected chi connectivity index (χ1v) is 6.93. The average Bonchev–Trinajstić information content (AvgIpc) is 2.93. The van der Waals surface area contributed by atoms with Crippen LogP contribution in [0.5, 0.6) is 0 Å². The molecule has 0 aromatic carbocycles. The molecule has 3 N–H and O–H groups in total. The molecule has 2 atom stereocenters. The van der Waals surface area contributed by atoms with E-state index in [9.17, 15) is 5.11 Å². The molecule has 0 saturated carbocycles. The van der Waals surface area contributed by atoms with E-state index in [1.165, 1.54) is 0 Å². The van der Waals surface area contributed by atoms with E-state index in [1.54, 1.807) is 18.1 Å². The van der Waals surface area contributed by atoms with Crippen molar-refractivity contribution >= 4 is 40.3 Å². The number of fused-ring (bicyclic) bond motifs is 1. The third-order valence-electron chi connectivity index (χ3n) is 3.02. The molecule has 0 radical (unpaired) electrons. The van der Waals surface area contributed by atoms with Crippen LogP contribution < -0.4 is 5.73 Å². The number of thioether (sulfide) groups is 1. The summed E-state index contributed by atoms with van der Waals surface area (Å²) in [5.74, 6) is 0.297. The second-order valence-corrected chi connectivity index (χ2v) is 6.00. The predicted octanol–water partition coefficient (Wildman–Crippen LogP) is 1.45. The molecule has 1 saturated heterocycles. The van der Waals surface area contributed by atoms with Crippen LogP contribution in [0.2, 0.25) is 5.28 Å².